The number of hydrogen-bond acceptors (Lipinski definition) is 0. The fraction of sp³-hybridized carbons (Fsp3) is 1.00. The first kappa shape index (κ1) is 14.6. The Morgan fingerprint density at radius 2 is 0.909 bits per heavy atom. The minimum atomic E-state index is -2.44. The van der Waals surface area contributed by atoms with E-state index in [1.807, 2.05) is 0 Å². The van der Waals surface area contributed by atoms with Crippen LogP contribution in [0.5, 0.6) is 0 Å². The summed E-state index contributed by atoms with van der Waals surface area (Å²) in [7, 11) is 0. The maximum atomic E-state index is 3.86. The van der Waals surface area contributed by atoms with Crippen molar-refractivity contribution >= 4 is 76.2 Å². The van der Waals surface area contributed by atoms with Gasteiger partial charge in [0.2, 0.25) is 0 Å². The Labute approximate surface area is 95.5 Å². The Kier molecular flexibility index (Phi) is 4.69. The van der Waals surface area contributed by atoms with E-state index < -0.39 is 25.8 Å². The van der Waals surface area contributed by atoms with Crippen molar-refractivity contribution in [1.29, 1.82) is 0 Å². The molecule has 0 aliphatic rings. The maximum absolute atomic E-state index is 3.86. The summed E-state index contributed by atoms with van der Waals surface area (Å²) in [6, 6.07) is 0. The van der Waals surface area contributed by atoms with Crippen molar-refractivity contribution in [3.63, 3.8) is 0 Å². The third-order valence-electron chi connectivity index (χ3n) is 0.779. The van der Waals surface area contributed by atoms with Gasteiger partial charge in [-0.1, -0.05) is 0 Å². The summed E-state index contributed by atoms with van der Waals surface area (Å²) in [5, 5.41) is 0. The van der Waals surface area contributed by atoms with Gasteiger partial charge in [-0.2, -0.15) is 0 Å². The molecule has 0 aliphatic carbocycles. The molecule has 0 N–H and O–H groups in total. The normalized spacial score (nSPS) is 21.5. The van der Waals surface area contributed by atoms with Crippen LogP contribution in [0.25, 0.3) is 0 Å². The SMILES string of the molecule is [CH3][Sb]([CH3])([Br])([Br])[CH2][Sb]([CH3])([CH3])([Br])[Br]. The zero-order valence-electron chi connectivity index (χ0n) is 7.11. The Balaban J connectivity index is 4.55. The summed E-state index contributed by atoms with van der Waals surface area (Å²) >= 11 is 10.6. The first-order valence-electron chi connectivity index (χ1n) is 3.10. The van der Waals surface area contributed by atoms with E-state index in [1.54, 1.807) is 0 Å². The van der Waals surface area contributed by atoms with Crippen LogP contribution >= 0.6 is 50.4 Å². The standard InChI is InChI=1S/4CH3.CH2.4BrH.2Sb/h4*1H3;1H2;4*1H;;/q;;;;;;;;;2*+2/p-4. The van der Waals surface area contributed by atoms with Gasteiger partial charge in [-0.25, -0.2) is 0 Å². The molecule has 0 fully saturated rings. The van der Waals surface area contributed by atoms with Crippen molar-refractivity contribution in [3.05, 3.63) is 0 Å². The van der Waals surface area contributed by atoms with Gasteiger partial charge in [0.1, 0.15) is 0 Å². The second-order valence-corrected chi connectivity index (χ2v) is 108. The van der Waals surface area contributed by atoms with Crippen molar-refractivity contribution in [2.24, 2.45) is 0 Å². The first-order valence-corrected chi connectivity index (χ1v) is 39.8. The van der Waals surface area contributed by atoms with Crippen molar-refractivity contribution in [2.75, 3.05) is 0 Å². The number of rotatable bonds is 2. The first-order chi connectivity index (χ1) is 4.21. The molecule has 0 rings (SSSR count). The molecule has 0 saturated carbocycles. The van der Waals surface area contributed by atoms with Gasteiger partial charge in [-0.15, -0.1) is 0 Å². The summed E-state index contributed by atoms with van der Waals surface area (Å²) in [4.78, 5) is 9.37. The third-order valence-corrected chi connectivity index (χ3v) is 75.5. The molecular formula is C5H14Br4Sb2. The van der Waals surface area contributed by atoms with Crippen molar-refractivity contribution < 1.29 is 0 Å². The van der Waals surface area contributed by atoms with Crippen LogP contribution < -0.4 is 0 Å². The van der Waals surface area contributed by atoms with Crippen LogP contribution in [-0.4, -0.2) is 25.8 Å². The average molecular weight is 637 g/mol. The topological polar surface area (TPSA) is 0 Å². The molecular weight excluding hydrogens is 623 g/mol. The second-order valence-electron chi connectivity index (χ2n) is 4.26. The van der Waals surface area contributed by atoms with Crippen LogP contribution in [0.1, 0.15) is 0 Å². The molecule has 0 spiro atoms. The van der Waals surface area contributed by atoms with Crippen molar-refractivity contribution in [3.8, 4) is 0 Å². The summed E-state index contributed by atoms with van der Waals surface area (Å²) in [5.74, 6) is 0. The van der Waals surface area contributed by atoms with Crippen LogP contribution in [0.3, 0.4) is 0 Å². The van der Waals surface area contributed by atoms with Gasteiger partial charge < -0.3 is 0 Å². The van der Waals surface area contributed by atoms with Gasteiger partial charge in [0.15, 0.2) is 0 Å². The van der Waals surface area contributed by atoms with Gasteiger partial charge >= 0.3 is 98.0 Å². The van der Waals surface area contributed by atoms with E-state index in [0.717, 1.165) is 0 Å². The Morgan fingerprint density at radius 3 is 0.909 bits per heavy atom. The molecule has 0 amide bonds. The van der Waals surface area contributed by atoms with Gasteiger partial charge in [0.05, 0.1) is 0 Å². The predicted octanol–water partition coefficient (Wildman–Crippen LogP) is 5.42. The molecule has 0 aromatic carbocycles. The van der Waals surface area contributed by atoms with E-state index in [2.05, 4.69) is 69.9 Å². The Hall–Kier alpha value is 3.56. The molecule has 72 valence electrons. The van der Waals surface area contributed by atoms with Crippen molar-refractivity contribution in [2.45, 2.75) is 21.8 Å². The van der Waals surface area contributed by atoms with Crippen LogP contribution in [0.4, 0.5) is 0 Å². The van der Waals surface area contributed by atoms with Gasteiger partial charge in [0, 0.05) is 0 Å². The molecule has 0 heterocycles. The Bertz CT molecular complexity index is 134. The van der Waals surface area contributed by atoms with E-state index in [4.69, 9.17) is 0 Å². The average Bonchev–Trinajstić information content (AvgIpc) is 1.04. The summed E-state index contributed by atoms with van der Waals surface area (Å²) in [6.45, 7) is 0. The van der Waals surface area contributed by atoms with E-state index in [1.165, 1.54) is 2.31 Å². The molecule has 0 aromatic heterocycles. The third kappa shape index (κ3) is 13.6. The van der Waals surface area contributed by atoms with Gasteiger partial charge in [-0.3, -0.25) is 0 Å². The molecule has 0 aliphatic heterocycles. The molecule has 6 heteroatoms. The van der Waals surface area contributed by atoms with Crippen LogP contribution in [-0.2, 0) is 0 Å². The van der Waals surface area contributed by atoms with E-state index in [0.29, 0.717) is 0 Å². The molecule has 0 saturated heterocycles. The quantitative estimate of drug-likeness (QED) is 0.356. The molecule has 0 atom stereocenters. The molecule has 0 bridgehead atoms. The predicted molar refractivity (Wildman–Crippen MR) is 75.5 cm³/mol. The van der Waals surface area contributed by atoms with Crippen LogP contribution in [0.15, 0.2) is 0 Å². The van der Waals surface area contributed by atoms with Gasteiger partial charge in [-0.05, 0) is 0 Å². The van der Waals surface area contributed by atoms with E-state index >= 15 is 0 Å². The molecule has 0 nitrogen and oxygen atoms in total. The van der Waals surface area contributed by atoms with Crippen LogP contribution in [0.2, 0.25) is 21.8 Å². The summed E-state index contributed by atoms with van der Waals surface area (Å²) < 4.78 is 1.29. The fourth-order valence-electron chi connectivity index (χ4n) is 1.07. The summed E-state index contributed by atoms with van der Waals surface area (Å²) in [5.41, 5.74) is 0. The zero-order chi connectivity index (χ0) is 9.60. The number of hydrogen-bond donors (Lipinski definition) is 0. The number of halogens is 4. The minimum absolute atomic E-state index is 1.29. The van der Waals surface area contributed by atoms with Crippen LogP contribution in [0, 0.1) is 0 Å². The summed E-state index contributed by atoms with van der Waals surface area (Å²) in [6.07, 6.45) is 0. The fourth-order valence-corrected chi connectivity index (χ4v) is 224. The zero-order valence-corrected chi connectivity index (χ0v) is 18.6. The van der Waals surface area contributed by atoms with Crippen molar-refractivity contribution in [1.82, 2.24) is 0 Å². The second kappa shape index (κ2) is 3.54. The van der Waals surface area contributed by atoms with Gasteiger partial charge in [0.25, 0.3) is 0 Å². The molecule has 0 aromatic rings. The molecule has 0 unspecified atom stereocenters. The molecule has 11 heavy (non-hydrogen) atoms. The van der Waals surface area contributed by atoms with E-state index in [-0.39, 0.29) is 0 Å². The Morgan fingerprint density at radius 1 is 0.727 bits per heavy atom. The monoisotopic (exact) mass is 632 g/mol. The molecule has 0 radical (unpaired) electrons. The van der Waals surface area contributed by atoms with E-state index in [9.17, 15) is 0 Å².